The average Bonchev–Trinajstić information content (AvgIpc) is 2.70. The van der Waals surface area contributed by atoms with E-state index in [0.717, 1.165) is 22.9 Å². The number of rotatable bonds is 6. The van der Waals surface area contributed by atoms with Crippen LogP contribution in [0, 0.1) is 0 Å². The summed E-state index contributed by atoms with van der Waals surface area (Å²) in [5.74, 6) is 1.60. The van der Waals surface area contributed by atoms with Crippen LogP contribution in [0.5, 0.6) is 5.75 Å². The second-order valence-corrected chi connectivity index (χ2v) is 7.09. The predicted octanol–water partition coefficient (Wildman–Crippen LogP) is 3.34. The van der Waals surface area contributed by atoms with E-state index < -0.39 is 0 Å². The van der Waals surface area contributed by atoms with Gasteiger partial charge in [0.2, 0.25) is 5.91 Å². The highest BCUT2D eigenvalue weighted by Gasteiger charge is 2.22. The van der Waals surface area contributed by atoms with Crippen molar-refractivity contribution in [1.82, 2.24) is 5.32 Å². The fourth-order valence-corrected chi connectivity index (χ4v) is 3.84. The molecule has 2 aromatic rings. The lowest BCUT2D eigenvalue weighted by Gasteiger charge is -2.29. The van der Waals surface area contributed by atoms with E-state index in [2.05, 4.69) is 11.4 Å². The topological polar surface area (TPSA) is 58.6 Å². The third-order valence-electron chi connectivity index (χ3n) is 4.23. The molecule has 0 aromatic heterocycles. The van der Waals surface area contributed by atoms with Crippen molar-refractivity contribution in [3.8, 4) is 5.75 Å². The van der Waals surface area contributed by atoms with Crippen molar-refractivity contribution < 1.29 is 14.3 Å². The summed E-state index contributed by atoms with van der Waals surface area (Å²) in [6, 6.07) is 15.0. The third-order valence-corrected chi connectivity index (χ3v) is 5.28. The van der Waals surface area contributed by atoms with Crippen molar-refractivity contribution >= 4 is 29.3 Å². The molecule has 1 aliphatic heterocycles. The zero-order valence-electron chi connectivity index (χ0n) is 14.7. The fourth-order valence-electron chi connectivity index (χ4n) is 2.85. The number of nitrogens with zero attached hydrogens (tertiary/aromatic N) is 1. The fraction of sp³-hybridized carbons (Fsp3) is 0.300. The number of anilines is 1. The van der Waals surface area contributed by atoms with E-state index in [1.807, 2.05) is 23.1 Å². The van der Waals surface area contributed by atoms with Gasteiger partial charge >= 0.3 is 0 Å². The molecule has 0 saturated carbocycles. The molecule has 0 fully saturated rings. The first-order chi connectivity index (χ1) is 12.7. The van der Waals surface area contributed by atoms with E-state index >= 15 is 0 Å². The molecule has 0 aliphatic carbocycles. The molecular formula is C20H22N2O3S. The monoisotopic (exact) mass is 370 g/mol. The van der Waals surface area contributed by atoms with E-state index in [1.165, 1.54) is 0 Å². The number of amides is 2. The molecule has 0 atom stereocenters. The highest BCUT2D eigenvalue weighted by Crippen LogP contribution is 2.34. The Kier molecular flexibility index (Phi) is 6.17. The molecule has 26 heavy (non-hydrogen) atoms. The summed E-state index contributed by atoms with van der Waals surface area (Å²) in [6.07, 6.45) is 1.04. The Morgan fingerprint density at radius 3 is 2.69 bits per heavy atom. The van der Waals surface area contributed by atoms with Gasteiger partial charge in [-0.1, -0.05) is 12.1 Å². The minimum Gasteiger partial charge on any atom is -0.497 e. The number of carbonyl (C=O) groups is 2. The minimum absolute atomic E-state index is 0.108. The molecule has 0 spiro atoms. The normalized spacial score (nSPS) is 13.0. The van der Waals surface area contributed by atoms with Crippen LogP contribution in [0.4, 0.5) is 5.69 Å². The number of methoxy groups -OCH3 is 1. The molecule has 5 nitrogen and oxygen atoms in total. The zero-order valence-corrected chi connectivity index (χ0v) is 15.6. The van der Waals surface area contributed by atoms with Gasteiger partial charge in [0.05, 0.1) is 12.8 Å². The maximum Gasteiger partial charge on any atom is 0.251 e. The van der Waals surface area contributed by atoms with Gasteiger partial charge < -0.3 is 15.0 Å². The zero-order chi connectivity index (χ0) is 18.4. The number of para-hydroxylation sites is 1. The molecule has 0 radical (unpaired) electrons. The van der Waals surface area contributed by atoms with Crippen molar-refractivity contribution in [1.29, 1.82) is 0 Å². The van der Waals surface area contributed by atoms with Gasteiger partial charge in [-0.3, -0.25) is 9.59 Å². The van der Waals surface area contributed by atoms with Crippen molar-refractivity contribution in [2.75, 3.05) is 30.9 Å². The van der Waals surface area contributed by atoms with Crippen LogP contribution in [0.25, 0.3) is 0 Å². The highest BCUT2D eigenvalue weighted by atomic mass is 32.2. The molecular weight excluding hydrogens is 348 g/mol. The molecule has 0 unspecified atom stereocenters. The van der Waals surface area contributed by atoms with Gasteiger partial charge in [0.15, 0.2) is 0 Å². The minimum atomic E-state index is -0.139. The first-order valence-corrected chi connectivity index (χ1v) is 9.62. The lowest BCUT2D eigenvalue weighted by molar-refractivity contribution is -0.118. The molecule has 1 N–H and O–H groups in total. The molecule has 3 rings (SSSR count). The maximum absolute atomic E-state index is 12.5. The van der Waals surface area contributed by atoms with Crippen LogP contribution in [0.2, 0.25) is 0 Å². The molecule has 2 aromatic carbocycles. The van der Waals surface area contributed by atoms with Gasteiger partial charge in [0.25, 0.3) is 5.91 Å². The van der Waals surface area contributed by atoms with Crippen molar-refractivity contribution in [2.24, 2.45) is 0 Å². The summed E-state index contributed by atoms with van der Waals surface area (Å²) in [6.45, 7) is 1.21. The SMILES string of the molecule is COc1ccc(C(=O)NCCCC(=O)N2CCSc3ccccc32)cc1. The van der Waals surface area contributed by atoms with Crippen LogP contribution in [-0.2, 0) is 4.79 Å². The molecule has 0 saturated heterocycles. The molecule has 136 valence electrons. The van der Waals surface area contributed by atoms with Crippen LogP contribution >= 0.6 is 11.8 Å². The first kappa shape index (κ1) is 18.3. The standard InChI is InChI=1S/C20H22N2O3S/c1-25-16-10-8-15(9-11-16)20(24)21-12-4-7-19(23)22-13-14-26-18-6-3-2-5-17(18)22/h2-3,5-6,8-11H,4,7,12-14H2,1H3,(H,21,24). The summed E-state index contributed by atoms with van der Waals surface area (Å²) in [7, 11) is 1.59. The Hall–Kier alpha value is -2.47. The van der Waals surface area contributed by atoms with Crippen LogP contribution in [0.3, 0.4) is 0 Å². The van der Waals surface area contributed by atoms with Crippen molar-refractivity contribution in [3.63, 3.8) is 0 Å². The van der Waals surface area contributed by atoms with Gasteiger partial charge in [0.1, 0.15) is 5.75 Å². The Balaban J connectivity index is 1.46. The summed E-state index contributed by atoms with van der Waals surface area (Å²) in [4.78, 5) is 27.7. The highest BCUT2D eigenvalue weighted by molar-refractivity contribution is 7.99. The first-order valence-electron chi connectivity index (χ1n) is 8.63. The maximum atomic E-state index is 12.5. The largest absolute Gasteiger partial charge is 0.497 e. The lowest BCUT2D eigenvalue weighted by Crippen LogP contribution is -2.35. The lowest BCUT2D eigenvalue weighted by atomic mass is 10.2. The number of nitrogens with one attached hydrogen (secondary N) is 1. The number of thioether (sulfide) groups is 1. The van der Waals surface area contributed by atoms with Gasteiger partial charge in [-0.05, 0) is 42.8 Å². The van der Waals surface area contributed by atoms with Crippen LogP contribution in [0.1, 0.15) is 23.2 Å². The Bertz CT molecular complexity index is 777. The molecule has 1 aliphatic rings. The Morgan fingerprint density at radius 1 is 1.15 bits per heavy atom. The number of hydrogen-bond acceptors (Lipinski definition) is 4. The Morgan fingerprint density at radius 2 is 1.92 bits per heavy atom. The average molecular weight is 370 g/mol. The smallest absolute Gasteiger partial charge is 0.251 e. The molecule has 6 heteroatoms. The number of carbonyl (C=O) groups excluding carboxylic acids is 2. The number of ether oxygens (including phenoxy) is 1. The van der Waals surface area contributed by atoms with Crippen molar-refractivity contribution in [2.45, 2.75) is 17.7 Å². The molecule has 2 amide bonds. The summed E-state index contributed by atoms with van der Waals surface area (Å²) in [5, 5.41) is 2.86. The van der Waals surface area contributed by atoms with Gasteiger partial charge in [-0.25, -0.2) is 0 Å². The molecule has 1 heterocycles. The number of fused-ring (bicyclic) bond motifs is 1. The van der Waals surface area contributed by atoms with E-state index in [1.54, 1.807) is 43.1 Å². The van der Waals surface area contributed by atoms with Gasteiger partial charge in [-0.15, -0.1) is 11.8 Å². The van der Waals surface area contributed by atoms with Crippen LogP contribution < -0.4 is 15.0 Å². The number of hydrogen-bond donors (Lipinski definition) is 1. The quantitative estimate of drug-likeness (QED) is 0.793. The van der Waals surface area contributed by atoms with Crippen molar-refractivity contribution in [3.05, 3.63) is 54.1 Å². The third kappa shape index (κ3) is 4.38. The van der Waals surface area contributed by atoms with Crippen LogP contribution in [-0.4, -0.2) is 37.8 Å². The Labute approximate surface area is 157 Å². The van der Waals surface area contributed by atoms with Crippen LogP contribution in [0.15, 0.2) is 53.4 Å². The molecule has 0 bridgehead atoms. The van der Waals surface area contributed by atoms with E-state index in [4.69, 9.17) is 4.74 Å². The van der Waals surface area contributed by atoms with E-state index in [9.17, 15) is 9.59 Å². The number of benzene rings is 2. The van der Waals surface area contributed by atoms with Gasteiger partial charge in [0, 0.05) is 35.7 Å². The summed E-state index contributed by atoms with van der Waals surface area (Å²) in [5.41, 5.74) is 1.58. The predicted molar refractivity (Wildman–Crippen MR) is 104 cm³/mol. The second kappa shape index (κ2) is 8.76. The second-order valence-electron chi connectivity index (χ2n) is 5.95. The summed E-state index contributed by atoms with van der Waals surface area (Å²) < 4.78 is 5.08. The van der Waals surface area contributed by atoms with E-state index in [0.29, 0.717) is 30.7 Å². The van der Waals surface area contributed by atoms with E-state index in [-0.39, 0.29) is 11.8 Å². The van der Waals surface area contributed by atoms with Gasteiger partial charge in [-0.2, -0.15) is 0 Å². The summed E-state index contributed by atoms with van der Waals surface area (Å²) >= 11 is 1.78.